The molecule has 2 aromatic rings. The van der Waals surface area contributed by atoms with Gasteiger partial charge in [-0.25, -0.2) is 0 Å². The van der Waals surface area contributed by atoms with Crippen LogP contribution in [-0.4, -0.2) is 37.2 Å². The molecular weight excluding hydrogens is 282 g/mol. The van der Waals surface area contributed by atoms with Crippen molar-refractivity contribution in [3.05, 3.63) is 35.2 Å². The smallest absolute Gasteiger partial charge is 0.0910 e. The first-order valence-corrected chi connectivity index (χ1v) is 8.47. The van der Waals surface area contributed by atoms with Crippen molar-refractivity contribution >= 4 is 21.4 Å². The second kappa shape index (κ2) is 6.85. The Bertz CT molecular complexity index is 584. The molecule has 2 heterocycles. The minimum atomic E-state index is 0.0343. The van der Waals surface area contributed by atoms with Gasteiger partial charge in [0.25, 0.3) is 0 Å². The molecule has 1 aliphatic rings. The standard InChI is InChI=1S/C16H23N3OS/c1-2-7-19-8-9-20-14(11-19)15(18-17)13-5-3-4-12-6-10-21-16(12)13/h3-6,10,14-15,18H,2,7-9,11,17H2,1H3. The highest BCUT2D eigenvalue weighted by atomic mass is 32.1. The Kier molecular flexibility index (Phi) is 4.87. The zero-order valence-corrected chi connectivity index (χ0v) is 13.2. The molecule has 1 fully saturated rings. The summed E-state index contributed by atoms with van der Waals surface area (Å²) in [6.07, 6.45) is 1.27. The van der Waals surface area contributed by atoms with Crippen molar-refractivity contribution in [3.8, 4) is 0 Å². The fourth-order valence-electron chi connectivity index (χ4n) is 3.11. The number of benzene rings is 1. The summed E-state index contributed by atoms with van der Waals surface area (Å²) < 4.78 is 7.31. The maximum absolute atomic E-state index is 6.01. The summed E-state index contributed by atoms with van der Waals surface area (Å²) >= 11 is 1.77. The first kappa shape index (κ1) is 14.9. The van der Waals surface area contributed by atoms with Gasteiger partial charge in [0.1, 0.15) is 0 Å². The molecule has 3 N–H and O–H groups in total. The predicted octanol–water partition coefficient (Wildman–Crippen LogP) is 2.52. The summed E-state index contributed by atoms with van der Waals surface area (Å²) in [5.41, 5.74) is 4.23. The van der Waals surface area contributed by atoms with Crippen LogP contribution >= 0.6 is 11.3 Å². The van der Waals surface area contributed by atoms with Crippen LogP contribution in [-0.2, 0) is 4.74 Å². The highest BCUT2D eigenvalue weighted by Gasteiger charge is 2.29. The molecule has 2 unspecified atom stereocenters. The molecule has 114 valence electrons. The van der Waals surface area contributed by atoms with E-state index in [9.17, 15) is 0 Å². The summed E-state index contributed by atoms with van der Waals surface area (Å²) in [6, 6.07) is 8.59. The average molecular weight is 305 g/mol. The van der Waals surface area contributed by atoms with Crippen LogP contribution in [0.2, 0.25) is 0 Å². The fraction of sp³-hybridized carbons (Fsp3) is 0.500. The molecule has 0 bridgehead atoms. The van der Waals surface area contributed by atoms with Gasteiger partial charge in [-0.05, 0) is 35.4 Å². The Labute approximate surface area is 129 Å². The van der Waals surface area contributed by atoms with Crippen molar-refractivity contribution in [2.24, 2.45) is 5.84 Å². The lowest BCUT2D eigenvalue weighted by Crippen LogP contribution is -2.49. The first-order chi connectivity index (χ1) is 10.3. The fourth-order valence-corrected chi connectivity index (χ4v) is 4.07. The van der Waals surface area contributed by atoms with Crippen molar-refractivity contribution in [3.63, 3.8) is 0 Å². The van der Waals surface area contributed by atoms with E-state index in [1.165, 1.54) is 22.1 Å². The number of hydrazine groups is 1. The van der Waals surface area contributed by atoms with Crippen LogP contribution < -0.4 is 11.3 Å². The zero-order valence-electron chi connectivity index (χ0n) is 12.4. The number of rotatable bonds is 5. The quantitative estimate of drug-likeness (QED) is 0.658. The summed E-state index contributed by atoms with van der Waals surface area (Å²) in [4.78, 5) is 2.47. The molecule has 1 aromatic heterocycles. The van der Waals surface area contributed by atoms with Crippen LogP contribution in [0.25, 0.3) is 10.1 Å². The van der Waals surface area contributed by atoms with Gasteiger partial charge in [-0.15, -0.1) is 11.3 Å². The number of nitrogens with two attached hydrogens (primary N) is 1. The van der Waals surface area contributed by atoms with Gasteiger partial charge in [-0.3, -0.25) is 16.2 Å². The highest BCUT2D eigenvalue weighted by molar-refractivity contribution is 7.17. The van der Waals surface area contributed by atoms with Crippen LogP contribution in [0.1, 0.15) is 24.9 Å². The molecule has 3 rings (SSSR count). The van der Waals surface area contributed by atoms with E-state index in [2.05, 4.69) is 46.9 Å². The number of nitrogens with zero attached hydrogens (tertiary/aromatic N) is 1. The molecular formula is C16H23N3OS. The molecule has 0 radical (unpaired) electrons. The van der Waals surface area contributed by atoms with E-state index >= 15 is 0 Å². The maximum atomic E-state index is 6.01. The molecule has 5 heteroatoms. The summed E-state index contributed by atoms with van der Waals surface area (Å²) in [6.45, 7) is 6.08. The van der Waals surface area contributed by atoms with Crippen molar-refractivity contribution in [2.45, 2.75) is 25.5 Å². The SMILES string of the molecule is CCCN1CCOC(C(NN)c2cccc3ccsc23)C1. The minimum absolute atomic E-state index is 0.0343. The molecule has 21 heavy (non-hydrogen) atoms. The third-order valence-electron chi connectivity index (χ3n) is 4.11. The van der Waals surface area contributed by atoms with E-state index in [1.807, 2.05) is 0 Å². The summed E-state index contributed by atoms with van der Waals surface area (Å²) in [7, 11) is 0. The van der Waals surface area contributed by atoms with E-state index in [0.717, 1.165) is 26.2 Å². The van der Waals surface area contributed by atoms with Crippen LogP contribution in [0.5, 0.6) is 0 Å². The van der Waals surface area contributed by atoms with Gasteiger partial charge in [-0.2, -0.15) is 0 Å². The Balaban J connectivity index is 1.85. The first-order valence-electron chi connectivity index (χ1n) is 7.59. The predicted molar refractivity (Wildman–Crippen MR) is 88.4 cm³/mol. The van der Waals surface area contributed by atoms with Gasteiger partial charge in [0.15, 0.2) is 0 Å². The lowest BCUT2D eigenvalue weighted by molar-refractivity contribution is -0.0468. The van der Waals surface area contributed by atoms with Crippen LogP contribution in [0.15, 0.2) is 29.6 Å². The van der Waals surface area contributed by atoms with E-state index in [1.54, 1.807) is 11.3 Å². The molecule has 0 spiro atoms. The number of hydrogen-bond donors (Lipinski definition) is 2. The average Bonchev–Trinajstić information content (AvgIpc) is 2.98. The number of nitrogens with one attached hydrogen (secondary N) is 1. The molecule has 1 aromatic carbocycles. The van der Waals surface area contributed by atoms with Gasteiger partial charge >= 0.3 is 0 Å². The third kappa shape index (κ3) is 3.12. The van der Waals surface area contributed by atoms with Crippen LogP contribution in [0.3, 0.4) is 0 Å². The van der Waals surface area contributed by atoms with E-state index in [4.69, 9.17) is 10.6 Å². The van der Waals surface area contributed by atoms with Gasteiger partial charge in [0.05, 0.1) is 18.8 Å². The van der Waals surface area contributed by atoms with Gasteiger partial charge in [-0.1, -0.05) is 25.1 Å². The lowest BCUT2D eigenvalue weighted by atomic mass is 9.99. The molecule has 4 nitrogen and oxygen atoms in total. The molecule has 1 saturated heterocycles. The molecule has 0 aliphatic carbocycles. The summed E-state index contributed by atoms with van der Waals surface area (Å²) in [5.74, 6) is 5.87. The number of ether oxygens (including phenoxy) is 1. The van der Waals surface area contributed by atoms with Gasteiger partial charge in [0.2, 0.25) is 0 Å². The second-order valence-electron chi connectivity index (χ2n) is 5.54. The van der Waals surface area contributed by atoms with Crippen LogP contribution in [0.4, 0.5) is 0 Å². The number of hydrogen-bond acceptors (Lipinski definition) is 5. The topological polar surface area (TPSA) is 50.5 Å². The monoisotopic (exact) mass is 305 g/mol. The van der Waals surface area contributed by atoms with Gasteiger partial charge < -0.3 is 4.74 Å². The second-order valence-corrected chi connectivity index (χ2v) is 6.46. The Morgan fingerprint density at radius 1 is 1.48 bits per heavy atom. The molecule has 0 amide bonds. The molecule has 1 aliphatic heterocycles. The third-order valence-corrected chi connectivity index (χ3v) is 5.09. The number of fused-ring (bicyclic) bond motifs is 1. The molecule has 0 saturated carbocycles. The Hall–Kier alpha value is -0.980. The zero-order chi connectivity index (χ0) is 14.7. The van der Waals surface area contributed by atoms with Crippen LogP contribution in [0, 0.1) is 0 Å². The lowest BCUT2D eigenvalue weighted by Gasteiger charge is -2.37. The maximum Gasteiger partial charge on any atom is 0.0910 e. The molecule has 2 atom stereocenters. The Morgan fingerprint density at radius 2 is 2.38 bits per heavy atom. The van der Waals surface area contributed by atoms with Crippen molar-refractivity contribution in [1.29, 1.82) is 0 Å². The number of thiophene rings is 1. The van der Waals surface area contributed by atoms with Crippen molar-refractivity contribution in [2.75, 3.05) is 26.2 Å². The number of morpholine rings is 1. The Morgan fingerprint density at radius 3 is 3.19 bits per heavy atom. The summed E-state index contributed by atoms with van der Waals surface area (Å²) in [5, 5.41) is 3.41. The largest absolute Gasteiger partial charge is 0.374 e. The van der Waals surface area contributed by atoms with Crippen molar-refractivity contribution < 1.29 is 4.74 Å². The normalized spacial score (nSPS) is 21.7. The van der Waals surface area contributed by atoms with Gasteiger partial charge in [0, 0.05) is 17.8 Å². The van der Waals surface area contributed by atoms with E-state index in [0.29, 0.717) is 0 Å². The van der Waals surface area contributed by atoms with E-state index in [-0.39, 0.29) is 12.1 Å². The highest BCUT2D eigenvalue weighted by Crippen LogP contribution is 2.31. The van der Waals surface area contributed by atoms with Crippen molar-refractivity contribution in [1.82, 2.24) is 10.3 Å². The van der Waals surface area contributed by atoms with E-state index < -0.39 is 0 Å². The minimum Gasteiger partial charge on any atom is -0.374 e.